The lowest BCUT2D eigenvalue weighted by Crippen LogP contribution is -2.30. The molecule has 0 radical (unpaired) electrons. The van der Waals surface area contributed by atoms with E-state index in [9.17, 15) is 4.79 Å². The third kappa shape index (κ3) is 2.76. The van der Waals surface area contributed by atoms with E-state index in [1.54, 1.807) is 6.20 Å². The molecule has 4 heteroatoms. The molecule has 22 heavy (non-hydrogen) atoms. The van der Waals surface area contributed by atoms with Gasteiger partial charge in [0.2, 0.25) is 5.91 Å². The maximum Gasteiger partial charge on any atom is 0.237 e. The molecule has 3 rings (SSSR count). The van der Waals surface area contributed by atoms with Crippen molar-refractivity contribution in [3.8, 4) is 0 Å². The molecular weight excluding hydrogens is 274 g/mol. The van der Waals surface area contributed by atoms with Crippen LogP contribution in [0.5, 0.6) is 0 Å². The second-order valence-electron chi connectivity index (χ2n) is 5.25. The highest BCUT2D eigenvalue weighted by Gasteiger charge is 2.14. The second kappa shape index (κ2) is 5.85. The number of carbonyl (C=O) groups excluding carboxylic acids is 1. The van der Waals surface area contributed by atoms with Crippen LogP contribution in [0.15, 0.2) is 60.9 Å². The third-order valence-electron chi connectivity index (χ3n) is 3.66. The summed E-state index contributed by atoms with van der Waals surface area (Å²) >= 11 is 0. The van der Waals surface area contributed by atoms with Crippen LogP contribution < -0.4 is 10.6 Å². The fourth-order valence-corrected chi connectivity index (χ4v) is 2.58. The quantitative estimate of drug-likeness (QED) is 0.803. The third-order valence-corrected chi connectivity index (χ3v) is 3.66. The van der Waals surface area contributed by atoms with Crippen molar-refractivity contribution in [3.63, 3.8) is 0 Å². The van der Waals surface area contributed by atoms with Gasteiger partial charge in [-0.1, -0.05) is 24.3 Å². The topological polar surface area (TPSA) is 59.2 Å². The number of para-hydroxylation sites is 1. The van der Waals surface area contributed by atoms with E-state index in [2.05, 4.69) is 4.98 Å². The van der Waals surface area contributed by atoms with Gasteiger partial charge >= 0.3 is 0 Å². The fraction of sp³-hybridized carbons (Fsp3) is 0.111. The van der Waals surface area contributed by atoms with Crippen LogP contribution in [0.1, 0.15) is 5.56 Å². The fourth-order valence-electron chi connectivity index (χ4n) is 2.58. The van der Waals surface area contributed by atoms with Crippen molar-refractivity contribution in [1.29, 1.82) is 0 Å². The summed E-state index contributed by atoms with van der Waals surface area (Å²) in [7, 11) is 0. The smallest absolute Gasteiger partial charge is 0.237 e. The van der Waals surface area contributed by atoms with E-state index in [1.165, 1.54) is 0 Å². The van der Waals surface area contributed by atoms with E-state index >= 15 is 0 Å². The molecule has 0 saturated heterocycles. The van der Waals surface area contributed by atoms with Crippen LogP contribution >= 0.6 is 0 Å². The number of amides is 1. The maximum absolute atomic E-state index is 11.5. The monoisotopic (exact) mass is 291 g/mol. The van der Waals surface area contributed by atoms with Gasteiger partial charge in [0.25, 0.3) is 0 Å². The molecule has 0 spiro atoms. The van der Waals surface area contributed by atoms with Crippen molar-refractivity contribution < 1.29 is 4.79 Å². The summed E-state index contributed by atoms with van der Waals surface area (Å²) in [4.78, 5) is 17.6. The Bertz CT molecular complexity index is 829. The average Bonchev–Trinajstić information content (AvgIpc) is 2.53. The van der Waals surface area contributed by atoms with E-state index in [0.29, 0.717) is 0 Å². The van der Waals surface area contributed by atoms with Gasteiger partial charge in [-0.25, -0.2) is 0 Å². The Kier molecular flexibility index (Phi) is 3.74. The van der Waals surface area contributed by atoms with Crippen molar-refractivity contribution in [2.24, 2.45) is 5.73 Å². The normalized spacial score (nSPS) is 10.6. The Morgan fingerprint density at radius 2 is 1.95 bits per heavy atom. The SMILES string of the molecule is Cc1ccccc1N(CC(N)=O)c1ccc2cnccc2c1. The number of aryl methyl sites for hydroxylation is 1. The first-order valence-corrected chi connectivity index (χ1v) is 7.10. The predicted octanol–water partition coefficient (Wildman–Crippen LogP) is 3.17. The number of hydrogen-bond acceptors (Lipinski definition) is 3. The van der Waals surface area contributed by atoms with Crippen LogP contribution in [-0.2, 0) is 4.79 Å². The van der Waals surface area contributed by atoms with E-state index in [4.69, 9.17) is 5.73 Å². The van der Waals surface area contributed by atoms with Gasteiger partial charge in [0.05, 0.1) is 0 Å². The van der Waals surface area contributed by atoms with Crippen molar-refractivity contribution in [1.82, 2.24) is 4.98 Å². The summed E-state index contributed by atoms with van der Waals surface area (Å²) in [6, 6.07) is 16.0. The van der Waals surface area contributed by atoms with E-state index in [0.717, 1.165) is 27.7 Å². The van der Waals surface area contributed by atoms with Crippen molar-refractivity contribution >= 4 is 28.1 Å². The number of primary amides is 1. The number of hydrogen-bond donors (Lipinski definition) is 1. The molecule has 1 aromatic heterocycles. The molecule has 2 N–H and O–H groups in total. The Morgan fingerprint density at radius 1 is 1.14 bits per heavy atom. The summed E-state index contributed by atoms with van der Waals surface area (Å²) in [5, 5.41) is 2.14. The van der Waals surface area contributed by atoms with Gasteiger partial charge < -0.3 is 10.6 Å². The van der Waals surface area contributed by atoms with Crippen molar-refractivity contribution in [2.45, 2.75) is 6.92 Å². The Labute approximate surface area is 129 Å². The number of nitrogens with zero attached hydrogens (tertiary/aromatic N) is 2. The molecule has 0 saturated carbocycles. The number of carbonyl (C=O) groups is 1. The van der Waals surface area contributed by atoms with Crippen LogP contribution in [0, 0.1) is 6.92 Å². The summed E-state index contributed by atoms with van der Waals surface area (Å²) < 4.78 is 0. The van der Waals surface area contributed by atoms with Crippen LogP contribution in [-0.4, -0.2) is 17.4 Å². The van der Waals surface area contributed by atoms with E-state index in [1.807, 2.05) is 66.6 Å². The molecule has 0 aliphatic rings. The lowest BCUT2D eigenvalue weighted by Gasteiger charge is -2.25. The molecule has 0 fully saturated rings. The van der Waals surface area contributed by atoms with Crippen LogP contribution in [0.4, 0.5) is 11.4 Å². The lowest BCUT2D eigenvalue weighted by molar-refractivity contribution is -0.116. The van der Waals surface area contributed by atoms with E-state index in [-0.39, 0.29) is 12.5 Å². The number of rotatable bonds is 4. The Hall–Kier alpha value is -2.88. The average molecular weight is 291 g/mol. The van der Waals surface area contributed by atoms with Gasteiger partial charge in [-0.15, -0.1) is 0 Å². The van der Waals surface area contributed by atoms with Crippen LogP contribution in [0.2, 0.25) is 0 Å². The summed E-state index contributed by atoms with van der Waals surface area (Å²) in [6.45, 7) is 2.16. The molecule has 4 nitrogen and oxygen atoms in total. The largest absolute Gasteiger partial charge is 0.368 e. The lowest BCUT2D eigenvalue weighted by atomic mass is 10.1. The zero-order valence-corrected chi connectivity index (χ0v) is 12.4. The molecule has 1 amide bonds. The Balaban J connectivity index is 2.11. The summed E-state index contributed by atoms with van der Waals surface area (Å²) in [5.41, 5.74) is 8.45. The van der Waals surface area contributed by atoms with Gasteiger partial charge in [0.15, 0.2) is 0 Å². The summed E-state index contributed by atoms with van der Waals surface area (Å²) in [6.07, 6.45) is 3.59. The number of anilines is 2. The predicted molar refractivity (Wildman–Crippen MR) is 89.1 cm³/mol. The molecule has 0 bridgehead atoms. The van der Waals surface area contributed by atoms with Gasteiger partial charge in [0, 0.05) is 29.2 Å². The molecule has 0 aliphatic heterocycles. The van der Waals surface area contributed by atoms with Crippen molar-refractivity contribution in [2.75, 3.05) is 11.4 Å². The van der Waals surface area contributed by atoms with Gasteiger partial charge in [0.1, 0.15) is 6.54 Å². The minimum Gasteiger partial charge on any atom is -0.368 e. The highest BCUT2D eigenvalue weighted by molar-refractivity contribution is 5.89. The Morgan fingerprint density at radius 3 is 2.73 bits per heavy atom. The van der Waals surface area contributed by atoms with Gasteiger partial charge in [-0.3, -0.25) is 9.78 Å². The zero-order chi connectivity index (χ0) is 15.5. The molecule has 1 heterocycles. The standard InChI is InChI=1S/C18H17N3O/c1-13-4-2-3-5-17(13)21(12-18(19)22)16-7-6-15-11-20-9-8-14(15)10-16/h2-11H,12H2,1H3,(H2,19,22). The molecule has 0 aliphatic carbocycles. The maximum atomic E-state index is 11.5. The number of nitrogens with two attached hydrogens (primary N) is 1. The van der Waals surface area contributed by atoms with E-state index < -0.39 is 0 Å². The number of fused-ring (bicyclic) bond motifs is 1. The zero-order valence-electron chi connectivity index (χ0n) is 12.4. The molecule has 3 aromatic rings. The molecular formula is C18H17N3O. The number of pyridine rings is 1. The molecule has 0 unspecified atom stereocenters. The highest BCUT2D eigenvalue weighted by Crippen LogP contribution is 2.30. The number of aromatic nitrogens is 1. The van der Waals surface area contributed by atoms with Crippen LogP contribution in [0.3, 0.4) is 0 Å². The first kappa shape index (κ1) is 14.1. The number of benzene rings is 2. The first-order valence-electron chi connectivity index (χ1n) is 7.10. The molecule has 2 aromatic carbocycles. The van der Waals surface area contributed by atoms with Crippen molar-refractivity contribution in [3.05, 3.63) is 66.5 Å². The minimum atomic E-state index is -0.363. The highest BCUT2D eigenvalue weighted by atomic mass is 16.1. The van der Waals surface area contributed by atoms with Gasteiger partial charge in [-0.2, -0.15) is 0 Å². The minimum absolute atomic E-state index is 0.140. The molecule has 0 atom stereocenters. The summed E-state index contributed by atoms with van der Waals surface area (Å²) in [5.74, 6) is -0.363. The first-order chi connectivity index (χ1) is 10.6. The van der Waals surface area contributed by atoms with Gasteiger partial charge in [-0.05, 0) is 42.1 Å². The second-order valence-corrected chi connectivity index (χ2v) is 5.25. The molecule has 110 valence electrons. The van der Waals surface area contributed by atoms with Crippen LogP contribution in [0.25, 0.3) is 10.8 Å².